The smallest absolute Gasteiger partial charge is 0.184 e. The van der Waals surface area contributed by atoms with Gasteiger partial charge in [0.05, 0.1) is 19.8 Å². The molecule has 4 nitrogen and oxygen atoms in total. The first kappa shape index (κ1) is 29.3. The maximum Gasteiger partial charge on any atom is 0.184 e. The molecule has 0 aromatic heterocycles. The number of carbonyl (C=O) groups is 1. The minimum absolute atomic E-state index is 0.0397. The van der Waals surface area contributed by atoms with E-state index in [1.54, 1.807) is 12.6 Å². The summed E-state index contributed by atoms with van der Waals surface area (Å²) in [5, 5.41) is 12.5. The van der Waals surface area contributed by atoms with Crippen LogP contribution in [0.1, 0.15) is 112 Å². The van der Waals surface area contributed by atoms with Crippen LogP contribution in [0.4, 0.5) is 0 Å². The van der Waals surface area contributed by atoms with E-state index >= 15 is 0 Å². The van der Waals surface area contributed by atoms with Crippen molar-refractivity contribution in [2.75, 3.05) is 26.7 Å². The summed E-state index contributed by atoms with van der Waals surface area (Å²) in [5.74, 6) is 5.17. The summed E-state index contributed by atoms with van der Waals surface area (Å²) >= 11 is 0. The van der Waals surface area contributed by atoms with Gasteiger partial charge in [0.2, 0.25) is 0 Å². The Bertz CT molecular complexity index is 833. The quantitative estimate of drug-likeness (QED) is 0.159. The standard InChI is InChI=1S/C33H57NO3/c1-23(2)9-8-10-24(3)29-13-14-30-28-12-11-26-21-27(37-20-19-34(7,36)22-25(4)35)15-17-32(26,5)31(28)16-18-33(29,30)6/h11,23-24,27-31H,8-10,12-22H2,1-7H3/t24-,27+,28?,29-,30?,31?,32+,33-,34?/m1/s1. The number of nitrogens with zero attached hydrogens (tertiary/aromatic N) is 1. The van der Waals surface area contributed by atoms with Gasteiger partial charge in [0.15, 0.2) is 5.78 Å². The van der Waals surface area contributed by atoms with Gasteiger partial charge in [0.1, 0.15) is 13.1 Å². The molecule has 3 saturated carbocycles. The molecule has 4 unspecified atom stereocenters. The number of allylic oxidation sites excluding steroid dienone is 1. The Hall–Kier alpha value is -0.710. The zero-order valence-electron chi connectivity index (χ0n) is 25.2. The summed E-state index contributed by atoms with van der Waals surface area (Å²) in [5.41, 5.74) is 2.53. The molecule has 0 saturated heterocycles. The lowest BCUT2D eigenvalue weighted by atomic mass is 9.47. The number of ketones is 1. The first-order valence-corrected chi connectivity index (χ1v) is 15.7. The Kier molecular flexibility index (Phi) is 9.03. The SMILES string of the molecule is CC(=O)C[N+](C)([O-])CCO[C@H]1CC[C@@]2(C)C(=CCC3C2CC[C@@]2(C)C3CC[C@@H]2[C@H](C)CCCC(C)C)C1. The van der Waals surface area contributed by atoms with Crippen LogP contribution in [0.3, 0.4) is 0 Å². The normalized spacial score (nSPS) is 39.8. The zero-order chi connectivity index (χ0) is 27.0. The molecule has 4 aliphatic rings. The number of rotatable bonds is 11. The van der Waals surface area contributed by atoms with Crippen molar-refractivity contribution in [1.29, 1.82) is 0 Å². The Labute approximate surface area is 228 Å². The number of fused-ring (bicyclic) bond motifs is 5. The predicted octanol–water partition coefficient (Wildman–Crippen LogP) is 7.95. The van der Waals surface area contributed by atoms with Crippen LogP contribution in [-0.4, -0.2) is 43.3 Å². The highest BCUT2D eigenvalue weighted by molar-refractivity contribution is 5.76. The fourth-order valence-electron chi connectivity index (χ4n) is 9.76. The molecule has 0 heterocycles. The van der Waals surface area contributed by atoms with Crippen molar-refractivity contribution in [3.05, 3.63) is 16.9 Å². The van der Waals surface area contributed by atoms with E-state index < -0.39 is 4.65 Å². The van der Waals surface area contributed by atoms with E-state index in [0.717, 1.165) is 48.3 Å². The van der Waals surface area contributed by atoms with Crippen LogP contribution in [0.25, 0.3) is 0 Å². The number of ether oxygens (including phenoxy) is 1. The fraction of sp³-hybridized carbons (Fsp3) is 0.909. The van der Waals surface area contributed by atoms with Crippen molar-refractivity contribution in [3.8, 4) is 0 Å². The molecule has 0 N–H and O–H groups in total. The lowest BCUT2D eigenvalue weighted by molar-refractivity contribution is -0.852. The predicted molar refractivity (Wildman–Crippen MR) is 153 cm³/mol. The Balaban J connectivity index is 1.36. The third-order valence-electron chi connectivity index (χ3n) is 11.7. The molecule has 0 aromatic carbocycles. The van der Waals surface area contributed by atoms with Crippen LogP contribution in [0.5, 0.6) is 0 Å². The van der Waals surface area contributed by atoms with Gasteiger partial charge >= 0.3 is 0 Å². The topological polar surface area (TPSA) is 49.4 Å². The molecule has 0 radical (unpaired) electrons. The highest BCUT2D eigenvalue weighted by Gasteiger charge is 2.59. The highest BCUT2D eigenvalue weighted by Crippen LogP contribution is 2.67. The van der Waals surface area contributed by atoms with Crippen molar-refractivity contribution in [2.24, 2.45) is 46.3 Å². The zero-order valence-corrected chi connectivity index (χ0v) is 25.2. The Morgan fingerprint density at radius 1 is 1.11 bits per heavy atom. The summed E-state index contributed by atoms with van der Waals surface area (Å²) in [4.78, 5) is 11.4. The molecule has 37 heavy (non-hydrogen) atoms. The maximum atomic E-state index is 12.5. The van der Waals surface area contributed by atoms with E-state index in [1.165, 1.54) is 64.7 Å². The van der Waals surface area contributed by atoms with Gasteiger partial charge in [-0.3, -0.25) is 4.79 Å². The average Bonchev–Trinajstić information content (AvgIpc) is 3.15. The second-order valence-electron chi connectivity index (χ2n) is 14.9. The molecule has 3 fully saturated rings. The molecule has 0 aromatic rings. The summed E-state index contributed by atoms with van der Waals surface area (Å²) in [6.07, 6.45) is 17.4. The third kappa shape index (κ3) is 6.22. The number of carbonyl (C=O) groups excluding carboxylic acids is 1. The van der Waals surface area contributed by atoms with E-state index in [1.807, 2.05) is 0 Å². The first-order valence-electron chi connectivity index (χ1n) is 15.7. The molecule has 9 atom stereocenters. The number of hydrogen-bond donors (Lipinski definition) is 0. The van der Waals surface area contributed by atoms with Crippen molar-refractivity contribution in [2.45, 2.75) is 118 Å². The van der Waals surface area contributed by atoms with Crippen molar-refractivity contribution in [1.82, 2.24) is 0 Å². The van der Waals surface area contributed by atoms with Crippen LogP contribution < -0.4 is 0 Å². The summed E-state index contributed by atoms with van der Waals surface area (Å²) < 4.78 is 5.71. The summed E-state index contributed by atoms with van der Waals surface area (Å²) in [6, 6.07) is 0. The van der Waals surface area contributed by atoms with Gasteiger partial charge in [-0.1, -0.05) is 65.5 Å². The van der Waals surface area contributed by atoms with Gasteiger partial charge in [-0.2, -0.15) is 0 Å². The molecular formula is C33H57NO3. The van der Waals surface area contributed by atoms with Crippen LogP contribution in [0, 0.1) is 51.5 Å². The first-order chi connectivity index (χ1) is 17.4. The van der Waals surface area contributed by atoms with Gasteiger partial charge in [0.25, 0.3) is 0 Å². The number of Topliss-reactive ketones (excluding diaryl/α,β-unsaturated/α-hetero) is 1. The van der Waals surface area contributed by atoms with Gasteiger partial charge in [-0.05, 0) is 97.7 Å². The maximum absolute atomic E-state index is 12.5. The van der Waals surface area contributed by atoms with Crippen molar-refractivity contribution >= 4 is 5.78 Å². The number of likely N-dealkylation sites (N-methyl/N-ethyl adjacent to an activating group) is 1. The third-order valence-corrected chi connectivity index (χ3v) is 11.7. The van der Waals surface area contributed by atoms with Crippen molar-refractivity contribution in [3.63, 3.8) is 0 Å². The highest BCUT2D eigenvalue weighted by atomic mass is 16.6. The number of hydrogen-bond acceptors (Lipinski definition) is 3. The van der Waals surface area contributed by atoms with Crippen LogP contribution in [-0.2, 0) is 9.53 Å². The molecule has 0 aliphatic heterocycles. The van der Waals surface area contributed by atoms with E-state index in [-0.39, 0.29) is 18.4 Å². The molecule has 0 bridgehead atoms. The molecule has 4 aliphatic carbocycles. The van der Waals surface area contributed by atoms with Crippen LogP contribution >= 0.6 is 0 Å². The second-order valence-corrected chi connectivity index (χ2v) is 14.9. The lowest BCUT2D eigenvalue weighted by Gasteiger charge is -2.58. The van der Waals surface area contributed by atoms with Gasteiger partial charge < -0.3 is 14.6 Å². The van der Waals surface area contributed by atoms with E-state index in [9.17, 15) is 10.0 Å². The number of hydroxylamine groups is 3. The second kappa shape index (κ2) is 11.4. The van der Waals surface area contributed by atoms with Crippen LogP contribution in [0.2, 0.25) is 0 Å². The molecule has 0 spiro atoms. The molecular weight excluding hydrogens is 458 g/mol. The molecule has 212 valence electrons. The molecule has 4 rings (SSSR count). The van der Waals surface area contributed by atoms with Gasteiger partial charge in [-0.25, -0.2) is 0 Å². The van der Waals surface area contributed by atoms with Gasteiger partial charge in [-0.15, -0.1) is 0 Å². The Morgan fingerprint density at radius 2 is 1.86 bits per heavy atom. The molecule has 4 heteroatoms. The number of quaternary nitrogens is 1. The minimum Gasteiger partial charge on any atom is -0.633 e. The van der Waals surface area contributed by atoms with E-state index in [4.69, 9.17) is 4.74 Å². The lowest BCUT2D eigenvalue weighted by Crippen LogP contribution is -2.51. The largest absolute Gasteiger partial charge is 0.633 e. The summed E-state index contributed by atoms with van der Waals surface area (Å²) in [6.45, 7) is 14.9. The van der Waals surface area contributed by atoms with Crippen molar-refractivity contribution < 1.29 is 14.2 Å². The molecule has 0 amide bonds. The van der Waals surface area contributed by atoms with E-state index in [2.05, 4.69) is 40.7 Å². The van der Waals surface area contributed by atoms with Gasteiger partial charge in [0, 0.05) is 6.92 Å². The minimum atomic E-state index is -0.524. The monoisotopic (exact) mass is 515 g/mol. The Morgan fingerprint density at radius 3 is 2.57 bits per heavy atom. The fourth-order valence-corrected chi connectivity index (χ4v) is 9.76. The summed E-state index contributed by atoms with van der Waals surface area (Å²) in [7, 11) is 1.59. The van der Waals surface area contributed by atoms with Crippen LogP contribution in [0.15, 0.2) is 11.6 Å². The van der Waals surface area contributed by atoms with E-state index in [0.29, 0.717) is 24.0 Å². The average molecular weight is 516 g/mol.